The van der Waals surface area contributed by atoms with Crippen LogP contribution in [-0.4, -0.2) is 9.78 Å². The normalized spacial score (nSPS) is 12.6. The first-order chi connectivity index (χ1) is 8.70. The maximum absolute atomic E-state index is 13.6. The molecule has 1 aromatic carbocycles. The molecule has 0 amide bonds. The van der Waals surface area contributed by atoms with Crippen molar-refractivity contribution in [3.05, 3.63) is 53.6 Å². The molecule has 2 aromatic rings. The van der Waals surface area contributed by atoms with Crippen molar-refractivity contribution >= 4 is 0 Å². The van der Waals surface area contributed by atoms with E-state index in [1.54, 1.807) is 16.8 Å². The van der Waals surface area contributed by atoms with Crippen LogP contribution in [0.2, 0.25) is 0 Å². The quantitative estimate of drug-likeness (QED) is 0.625. The lowest BCUT2D eigenvalue weighted by Crippen LogP contribution is -2.29. The van der Waals surface area contributed by atoms with Crippen LogP contribution in [-0.2, 0) is 13.5 Å². The molecule has 0 aliphatic rings. The van der Waals surface area contributed by atoms with Gasteiger partial charge < -0.3 is 0 Å². The van der Waals surface area contributed by atoms with Crippen LogP contribution in [0.15, 0.2) is 36.7 Å². The van der Waals surface area contributed by atoms with Crippen LogP contribution in [0, 0.1) is 5.82 Å². The Labute approximate surface area is 106 Å². The van der Waals surface area contributed by atoms with Crippen LogP contribution < -0.4 is 11.3 Å². The van der Waals surface area contributed by atoms with Crippen LogP contribution >= 0.6 is 0 Å². The van der Waals surface area contributed by atoms with Gasteiger partial charge in [0.25, 0.3) is 0 Å². The Bertz CT molecular complexity index is 509. The maximum atomic E-state index is 13.6. The van der Waals surface area contributed by atoms with Gasteiger partial charge in [0.2, 0.25) is 0 Å². The van der Waals surface area contributed by atoms with Gasteiger partial charge in [-0.1, -0.05) is 18.2 Å². The highest BCUT2D eigenvalue weighted by atomic mass is 19.1. The predicted octanol–water partition coefficient (Wildman–Crippen LogP) is 1.70. The highest BCUT2D eigenvalue weighted by Gasteiger charge is 2.13. The highest BCUT2D eigenvalue weighted by Crippen LogP contribution is 2.20. The van der Waals surface area contributed by atoms with Crippen LogP contribution in [0.25, 0.3) is 0 Å². The van der Waals surface area contributed by atoms with Crippen molar-refractivity contribution in [3.8, 4) is 0 Å². The smallest absolute Gasteiger partial charge is 0.128 e. The molecular weight excluding hydrogens is 231 g/mol. The van der Waals surface area contributed by atoms with E-state index in [2.05, 4.69) is 10.5 Å². The fourth-order valence-electron chi connectivity index (χ4n) is 2.00. The number of nitrogens with zero attached hydrogens (tertiary/aromatic N) is 2. The molecule has 1 aromatic heterocycles. The molecule has 0 saturated carbocycles. The summed E-state index contributed by atoms with van der Waals surface area (Å²) in [5, 5.41) is 4.10. The Hall–Kier alpha value is -1.72. The average Bonchev–Trinajstić information content (AvgIpc) is 2.78. The van der Waals surface area contributed by atoms with Crippen molar-refractivity contribution in [2.24, 2.45) is 12.9 Å². The number of nitrogens with one attached hydrogen (secondary N) is 1. The van der Waals surface area contributed by atoms with Gasteiger partial charge in [-0.15, -0.1) is 0 Å². The van der Waals surface area contributed by atoms with Gasteiger partial charge >= 0.3 is 0 Å². The summed E-state index contributed by atoms with van der Waals surface area (Å²) in [6.45, 7) is 0. The summed E-state index contributed by atoms with van der Waals surface area (Å²) in [5.41, 5.74) is 4.39. The molecule has 5 heteroatoms. The predicted molar refractivity (Wildman–Crippen MR) is 68.0 cm³/mol. The molecule has 18 heavy (non-hydrogen) atoms. The van der Waals surface area contributed by atoms with Crippen molar-refractivity contribution in [3.63, 3.8) is 0 Å². The van der Waals surface area contributed by atoms with E-state index in [4.69, 9.17) is 5.84 Å². The first-order valence-electron chi connectivity index (χ1n) is 5.89. The molecule has 1 heterocycles. The minimum Gasteiger partial charge on any atom is -0.276 e. The summed E-state index contributed by atoms with van der Waals surface area (Å²) in [6, 6.07) is 6.50. The fourth-order valence-corrected chi connectivity index (χ4v) is 2.00. The lowest BCUT2D eigenvalue weighted by molar-refractivity contribution is 0.485. The second-order valence-corrected chi connectivity index (χ2v) is 4.30. The number of hydrogen-bond donors (Lipinski definition) is 2. The number of halogens is 1. The standard InChI is InChI=1S/C13H17FN4/c1-18-9-10(8-16-18)6-7-13(17-15)11-4-2-3-5-12(11)14/h2-5,8-9,13,17H,6-7,15H2,1H3. The summed E-state index contributed by atoms with van der Waals surface area (Å²) >= 11 is 0. The van der Waals surface area contributed by atoms with Gasteiger partial charge in [0.15, 0.2) is 0 Å². The monoisotopic (exact) mass is 248 g/mol. The molecule has 96 valence electrons. The number of aryl methyl sites for hydroxylation is 2. The van der Waals surface area contributed by atoms with Crippen molar-refractivity contribution < 1.29 is 4.39 Å². The summed E-state index contributed by atoms with van der Waals surface area (Å²) in [5.74, 6) is 5.28. The number of aromatic nitrogens is 2. The zero-order valence-electron chi connectivity index (χ0n) is 10.3. The van der Waals surface area contributed by atoms with Gasteiger partial charge in [0.1, 0.15) is 5.82 Å². The van der Waals surface area contributed by atoms with Crippen LogP contribution in [0.4, 0.5) is 4.39 Å². The van der Waals surface area contributed by atoms with E-state index in [1.165, 1.54) is 6.07 Å². The molecule has 0 bridgehead atoms. The van der Waals surface area contributed by atoms with Gasteiger partial charge in [0, 0.05) is 24.8 Å². The van der Waals surface area contributed by atoms with Gasteiger partial charge in [0.05, 0.1) is 6.20 Å². The Kier molecular flexibility index (Phi) is 4.07. The maximum Gasteiger partial charge on any atom is 0.128 e. The van der Waals surface area contributed by atoms with Crippen molar-refractivity contribution in [2.75, 3.05) is 0 Å². The van der Waals surface area contributed by atoms with Crippen LogP contribution in [0.1, 0.15) is 23.6 Å². The van der Waals surface area contributed by atoms with Gasteiger partial charge in [-0.05, 0) is 24.5 Å². The third kappa shape index (κ3) is 2.94. The minimum absolute atomic E-state index is 0.189. The summed E-state index contributed by atoms with van der Waals surface area (Å²) in [4.78, 5) is 0. The summed E-state index contributed by atoms with van der Waals surface area (Å²) in [7, 11) is 1.87. The number of hydrogen-bond acceptors (Lipinski definition) is 3. The fraction of sp³-hybridized carbons (Fsp3) is 0.308. The number of nitrogens with two attached hydrogens (primary N) is 1. The Morgan fingerprint density at radius 1 is 1.44 bits per heavy atom. The highest BCUT2D eigenvalue weighted by molar-refractivity contribution is 5.21. The van der Waals surface area contributed by atoms with E-state index >= 15 is 0 Å². The van der Waals surface area contributed by atoms with E-state index in [0.29, 0.717) is 5.56 Å². The lowest BCUT2D eigenvalue weighted by atomic mass is 10.0. The van der Waals surface area contributed by atoms with E-state index < -0.39 is 0 Å². The lowest BCUT2D eigenvalue weighted by Gasteiger charge is -2.16. The van der Waals surface area contributed by atoms with E-state index in [0.717, 1.165) is 18.4 Å². The Morgan fingerprint density at radius 2 is 2.22 bits per heavy atom. The molecule has 0 fully saturated rings. The van der Waals surface area contributed by atoms with Gasteiger partial charge in [-0.2, -0.15) is 5.10 Å². The largest absolute Gasteiger partial charge is 0.276 e. The zero-order valence-corrected chi connectivity index (χ0v) is 10.3. The molecule has 3 N–H and O–H groups in total. The molecule has 0 radical (unpaired) electrons. The van der Waals surface area contributed by atoms with Crippen molar-refractivity contribution in [1.82, 2.24) is 15.2 Å². The average molecular weight is 248 g/mol. The van der Waals surface area contributed by atoms with Gasteiger partial charge in [-0.25, -0.2) is 4.39 Å². The SMILES string of the molecule is Cn1cc(CCC(NN)c2ccccc2F)cn1. The third-order valence-electron chi connectivity index (χ3n) is 2.96. The molecular formula is C13H17FN4. The topological polar surface area (TPSA) is 55.9 Å². The molecule has 0 spiro atoms. The van der Waals surface area contributed by atoms with Crippen molar-refractivity contribution in [2.45, 2.75) is 18.9 Å². The first-order valence-corrected chi connectivity index (χ1v) is 5.89. The molecule has 1 atom stereocenters. The molecule has 1 unspecified atom stereocenters. The van der Waals surface area contributed by atoms with E-state index in [9.17, 15) is 4.39 Å². The molecule has 0 aliphatic heterocycles. The zero-order chi connectivity index (χ0) is 13.0. The van der Waals surface area contributed by atoms with Crippen LogP contribution in [0.3, 0.4) is 0 Å². The number of rotatable bonds is 5. The molecule has 0 saturated heterocycles. The second-order valence-electron chi connectivity index (χ2n) is 4.30. The molecule has 2 rings (SSSR count). The molecule has 0 aliphatic carbocycles. The Balaban J connectivity index is 2.04. The second kappa shape index (κ2) is 5.75. The van der Waals surface area contributed by atoms with Crippen LogP contribution in [0.5, 0.6) is 0 Å². The number of hydrazine groups is 1. The summed E-state index contributed by atoms with van der Waals surface area (Å²) < 4.78 is 15.4. The first kappa shape index (κ1) is 12.7. The van der Waals surface area contributed by atoms with Crippen molar-refractivity contribution in [1.29, 1.82) is 0 Å². The minimum atomic E-state index is -0.230. The molecule has 4 nitrogen and oxygen atoms in total. The van der Waals surface area contributed by atoms with Gasteiger partial charge in [-0.3, -0.25) is 16.0 Å². The van der Waals surface area contributed by atoms with E-state index in [1.807, 2.05) is 25.5 Å². The van der Waals surface area contributed by atoms with E-state index in [-0.39, 0.29) is 11.9 Å². The Morgan fingerprint density at radius 3 is 2.83 bits per heavy atom. The number of benzene rings is 1. The third-order valence-corrected chi connectivity index (χ3v) is 2.96. The summed E-state index contributed by atoms with van der Waals surface area (Å²) in [6.07, 6.45) is 5.30.